The van der Waals surface area contributed by atoms with Gasteiger partial charge in [0.05, 0.1) is 7.11 Å². The van der Waals surface area contributed by atoms with Crippen molar-refractivity contribution in [1.29, 1.82) is 0 Å². The number of methoxy groups -OCH3 is 1. The zero-order chi connectivity index (χ0) is 15.9. The maximum atomic E-state index is 5.52. The molecule has 0 saturated carbocycles. The lowest BCUT2D eigenvalue weighted by Crippen LogP contribution is -2.30. The molecule has 1 aliphatic rings. The van der Waals surface area contributed by atoms with Gasteiger partial charge in [0.15, 0.2) is 0 Å². The summed E-state index contributed by atoms with van der Waals surface area (Å²) in [6.07, 6.45) is 5.05. The van der Waals surface area contributed by atoms with Gasteiger partial charge in [-0.2, -0.15) is 0 Å². The first kappa shape index (κ1) is 16.0. The Kier molecular flexibility index (Phi) is 5.61. The number of nitrogens with one attached hydrogen (secondary N) is 1. The van der Waals surface area contributed by atoms with Gasteiger partial charge in [0.25, 0.3) is 0 Å². The fourth-order valence-corrected chi connectivity index (χ4v) is 3.24. The van der Waals surface area contributed by atoms with Crippen molar-refractivity contribution in [2.24, 2.45) is 5.92 Å². The Morgan fingerprint density at radius 1 is 1.22 bits per heavy atom. The van der Waals surface area contributed by atoms with E-state index in [2.05, 4.69) is 33.4 Å². The number of hydrogen-bond donors (Lipinski definition) is 1. The second-order valence-electron chi connectivity index (χ2n) is 6.20. The van der Waals surface area contributed by atoms with Gasteiger partial charge >= 0.3 is 0 Å². The third-order valence-electron chi connectivity index (χ3n) is 4.39. The van der Waals surface area contributed by atoms with Crippen LogP contribution in [0, 0.1) is 5.92 Å². The number of ether oxygens (including phenoxy) is 1. The molecule has 1 aromatic heterocycles. The monoisotopic (exact) mass is 311 g/mol. The second-order valence-corrected chi connectivity index (χ2v) is 6.20. The van der Waals surface area contributed by atoms with E-state index in [1.165, 1.54) is 17.5 Å². The normalized spacial score (nSPS) is 17.6. The molecule has 2 heterocycles. The van der Waals surface area contributed by atoms with Crippen molar-refractivity contribution in [3.8, 4) is 5.75 Å². The first-order valence-corrected chi connectivity index (χ1v) is 8.29. The van der Waals surface area contributed by atoms with E-state index in [4.69, 9.17) is 4.74 Å². The smallest absolute Gasteiger partial charge is 0.123 e. The highest BCUT2D eigenvalue weighted by molar-refractivity contribution is 5.33. The maximum absolute atomic E-state index is 5.52. The Labute approximate surface area is 138 Å². The van der Waals surface area contributed by atoms with Gasteiger partial charge in [-0.25, -0.2) is 0 Å². The summed E-state index contributed by atoms with van der Waals surface area (Å²) in [5.41, 5.74) is 2.50. The zero-order valence-electron chi connectivity index (χ0n) is 13.7. The molecule has 0 radical (unpaired) electrons. The highest BCUT2D eigenvalue weighted by Crippen LogP contribution is 2.22. The predicted molar refractivity (Wildman–Crippen MR) is 92.3 cm³/mol. The van der Waals surface area contributed by atoms with Gasteiger partial charge in [-0.05, 0) is 43.1 Å². The largest absolute Gasteiger partial charge is 0.496 e. The Balaban J connectivity index is 1.73. The summed E-state index contributed by atoms with van der Waals surface area (Å²) in [5, 5.41) is 3.46. The van der Waals surface area contributed by atoms with Crippen LogP contribution in [0.4, 0.5) is 0 Å². The Morgan fingerprint density at radius 3 is 2.87 bits per heavy atom. The van der Waals surface area contributed by atoms with Crippen LogP contribution < -0.4 is 10.1 Å². The third kappa shape index (κ3) is 4.53. The molecule has 0 amide bonds. The van der Waals surface area contributed by atoms with Gasteiger partial charge in [-0.1, -0.05) is 24.3 Å². The molecular weight excluding hydrogens is 286 g/mol. The van der Waals surface area contributed by atoms with Gasteiger partial charge in [0.2, 0.25) is 0 Å². The summed E-state index contributed by atoms with van der Waals surface area (Å²) >= 11 is 0. The highest BCUT2D eigenvalue weighted by atomic mass is 16.5. The lowest BCUT2D eigenvalue weighted by molar-refractivity contribution is 0.217. The number of aromatic nitrogens is 1. The van der Waals surface area contributed by atoms with Gasteiger partial charge in [0.1, 0.15) is 5.75 Å². The van der Waals surface area contributed by atoms with Crippen molar-refractivity contribution in [3.05, 3.63) is 59.9 Å². The average molecular weight is 311 g/mol. The Bertz CT molecular complexity index is 597. The number of rotatable bonds is 7. The fraction of sp³-hybridized carbons (Fsp3) is 0.421. The van der Waals surface area contributed by atoms with Crippen molar-refractivity contribution in [3.63, 3.8) is 0 Å². The minimum atomic E-state index is 0.723. The van der Waals surface area contributed by atoms with Crippen LogP contribution in [-0.4, -0.2) is 36.6 Å². The number of pyridine rings is 1. The summed E-state index contributed by atoms with van der Waals surface area (Å²) in [6.45, 7) is 5.17. The van der Waals surface area contributed by atoms with Gasteiger partial charge < -0.3 is 10.1 Å². The van der Waals surface area contributed by atoms with Crippen LogP contribution >= 0.6 is 0 Å². The summed E-state index contributed by atoms with van der Waals surface area (Å²) < 4.78 is 5.52. The fourth-order valence-electron chi connectivity index (χ4n) is 3.24. The molecule has 1 saturated heterocycles. The molecule has 0 unspecified atom stereocenters. The molecule has 4 nitrogen and oxygen atoms in total. The van der Waals surface area contributed by atoms with Crippen molar-refractivity contribution in [2.75, 3.05) is 26.7 Å². The summed E-state index contributed by atoms with van der Waals surface area (Å²) in [5.74, 6) is 1.69. The molecule has 3 rings (SSSR count). The van der Waals surface area contributed by atoms with Crippen LogP contribution in [0.5, 0.6) is 5.75 Å². The van der Waals surface area contributed by atoms with E-state index < -0.39 is 0 Å². The molecule has 1 N–H and O–H groups in total. The average Bonchev–Trinajstić information content (AvgIpc) is 3.09. The van der Waals surface area contributed by atoms with Gasteiger partial charge in [0, 0.05) is 37.6 Å². The standard InChI is InChI=1S/C19H25N3O/c1-23-19-7-3-2-6-18(19)15-22(14-17-8-10-21-12-17)13-16-5-4-9-20-11-16/h2-7,9,11,17,21H,8,10,12-15H2,1H3/t17-/m1/s1. The number of nitrogens with zero attached hydrogens (tertiary/aromatic N) is 2. The van der Waals surface area contributed by atoms with Crippen molar-refractivity contribution in [2.45, 2.75) is 19.5 Å². The summed E-state index contributed by atoms with van der Waals surface area (Å²) in [4.78, 5) is 6.75. The quantitative estimate of drug-likeness (QED) is 0.853. The van der Waals surface area contributed by atoms with Crippen LogP contribution in [0.1, 0.15) is 17.5 Å². The summed E-state index contributed by atoms with van der Waals surface area (Å²) in [6, 6.07) is 12.4. The minimum absolute atomic E-state index is 0.723. The molecule has 122 valence electrons. The Hall–Kier alpha value is -1.91. The molecule has 0 spiro atoms. The first-order chi connectivity index (χ1) is 11.3. The topological polar surface area (TPSA) is 37.4 Å². The molecule has 1 aromatic carbocycles. The van der Waals surface area contributed by atoms with Crippen molar-refractivity contribution < 1.29 is 4.74 Å². The second kappa shape index (κ2) is 8.09. The lowest BCUT2D eigenvalue weighted by atomic mass is 10.1. The van der Waals surface area contributed by atoms with E-state index in [-0.39, 0.29) is 0 Å². The van der Waals surface area contributed by atoms with E-state index >= 15 is 0 Å². The molecule has 1 fully saturated rings. The van der Waals surface area contributed by atoms with Crippen LogP contribution in [0.3, 0.4) is 0 Å². The molecule has 1 atom stereocenters. The van der Waals surface area contributed by atoms with E-state index in [9.17, 15) is 0 Å². The van der Waals surface area contributed by atoms with Crippen molar-refractivity contribution >= 4 is 0 Å². The highest BCUT2D eigenvalue weighted by Gasteiger charge is 2.19. The molecule has 1 aliphatic heterocycles. The molecular formula is C19H25N3O. The Morgan fingerprint density at radius 2 is 2.13 bits per heavy atom. The third-order valence-corrected chi connectivity index (χ3v) is 4.39. The number of benzene rings is 1. The van der Waals surface area contributed by atoms with E-state index in [1.54, 1.807) is 7.11 Å². The molecule has 4 heteroatoms. The van der Waals surface area contributed by atoms with Crippen LogP contribution in [0.25, 0.3) is 0 Å². The molecule has 0 aliphatic carbocycles. The van der Waals surface area contributed by atoms with Crippen LogP contribution in [0.15, 0.2) is 48.8 Å². The minimum Gasteiger partial charge on any atom is -0.496 e. The first-order valence-electron chi connectivity index (χ1n) is 8.29. The van der Waals surface area contributed by atoms with E-state index in [0.29, 0.717) is 0 Å². The van der Waals surface area contributed by atoms with Gasteiger partial charge in [-0.3, -0.25) is 9.88 Å². The number of hydrogen-bond acceptors (Lipinski definition) is 4. The van der Waals surface area contributed by atoms with Crippen LogP contribution in [-0.2, 0) is 13.1 Å². The van der Waals surface area contributed by atoms with E-state index in [1.807, 2.05) is 30.6 Å². The molecule has 2 aromatic rings. The number of para-hydroxylation sites is 1. The van der Waals surface area contributed by atoms with Crippen molar-refractivity contribution in [1.82, 2.24) is 15.2 Å². The predicted octanol–water partition coefficient (Wildman–Crippen LogP) is 2.70. The van der Waals surface area contributed by atoms with E-state index in [0.717, 1.165) is 44.4 Å². The van der Waals surface area contributed by atoms with Crippen LogP contribution in [0.2, 0.25) is 0 Å². The molecule has 23 heavy (non-hydrogen) atoms. The van der Waals surface area contributed by atoms with Gasteiger partial charge in [-0.15, -0.1) is 0 Å². The SMILES string of the molecule is COc1ccccc1CN(Cc1cccnc1)C[C@@H]1CCNC1. The summed E-state index contributed by atoms with van der Waals surface area (Å²) in [7, 11) is 1.74. The molecule has 0 bridgehead atoms. The maximum Gasteiger partial charge on any atom is 0.123 e. The lowest BCUT2D eigenvalue weighted by Gasteiger charge is -2.26. The zero-order valence-corrected chi connectivity index (χ0v) is 13.7.